The summed E-state index contributed by atoms with van der Waals surface area (Å²) in [5, 5.41) is 4.93. The Morgan fingerprint density at radius 1 is 0.943 bits per heavy atom. The van der Waals surface area contributed by atoms with Crippen LogP contribution in [0.5, 0.6) is 0 Å². The molecule has 0 fully saturated rings. The molecule has 3 N–H and O–H groups in total. The topological polar surface area (TPSA) is 105 Å². The number of benzene rings is 2. The number of aryl methyl sites for hydroxylation is 2. The molecule has 2 aromatic carbocycles. The number of aromatic nitrogens is 1. The first kappa shape index (κ1) is 26.1. The summed E-state index contributed by atoms with van der Waals surface area (Å²) in [5.74, 6) is -1.35. The second-order valence-corrected chi connectivity index (χ2v) is 10.5. The van der Waals surface area contributed by atoms with Gasteiger partial charge in [0.1, 0.15) is 0 Å². The molecule has 0 saturated heterocycles. The zero-order valence-electron chi connectivity index (χ0n) is 20.8. The minimum Gasteiger partial charge on any atom is -0.367 e. The summed E-state index contributed by atoms with van der Waals surface area (Å²) in [4.78, 5) is 45.4. The molecule has 184 valence electrons. The summed E-state index contributed by atoms with van der Waals surface area (Å²) in [6.07, 6.45) is 1.42. The molecule has 0 spiro atoms. The van der Waals surface area contributed by atoms with Gasteiger partial charge in [-0.3, -0.25) is 19.3 Å². The molecular formula is C27H32N4O3S. The van der Waals surface area contributed by atoms with Gasteiger partial charge >= 0.3 is 0 Å². The van der Waals surface area contributed by atoms with Crippen molar-refractivity contribution in [2.45, 2.75) is 53.0 Å². The van der Waals surface area contributed by atoms with E-state index < -0.39 is 16.9 Å². The van der Waals surface area contributed by atoms with Crippen LogP contribution in [0, 0.1) is 19.3 Å². The summed E-state index contributed by atoms with van der Waals surface area (Å²) >= 11 is 1.30. The first-order valence-electron chi connectivity index (χ1n) is 11.4. The van der Waals surface area contributed by atoms with E-state index in [9.17, 15) is 14.4 Å². The lowest BCUT2D eigenvalue weighted by Gasteiger charge is -2.50. The van der Waals surface area contributed by atoms with Crippen LogP contribution >= 0.6 is 11.3 Å². The van der Waals surface area contributed by atoms with E-state index >= 15 is 0 Å². The molecule has 0 radical (unpaired) electrons. The van der Waals surface area contributed by atoms with E-state index in [1.807, 2.05) is 71.0 Å². The Morgan fingerprint density at radius 3 is 2.00 bits per heavy atom. The number of hydrogen-bond acceptors (Lipinski definition) is 5. The number of primary amides is 1. The van der Waals surface area contributed by atoms with Crippen molar-refractivity contribution in [2.24, 2.45) is 11.1 Å². The normalized spacial score (nSPS) is 13.1. The fourth-order valence-corrected chi connectivity index (χ4v) is 4.88. The average molecular weight is 493 g/mol. The van der Waals surface area contributed by atoms with E-state index in [2.05, 4.69) is 10.3 Å². The third kappa shape index (κ3) is 5.43. The number of amides is 3. The molecule has 1 atom stereocenters. The maximum atomic E-state index is 13.9. The van der Waals surface area contributed by atoms with Gasteiger partial charge in [-0.15, -0.1) is 11.3 Å². The SMILES string of the molecule is Cc1ccc(N(C(=O)CCC(=O)Nc2nccs2)C(C(N)=O)(c2ccc(C)cc2)C(C)(C)C)cc1. The third-order valence-electron chi connectivity index (χ3n) is 6.03. The van der Waals surface area contributed by atoms with Crippen LogP contribution in [-0.4, -0.2) is 22.7 Å². The molecule has 1 aromatic heterocycles. The highest BCUT2D eigenvalue weighted by atomic mass is 32.1. The van der Waals surface area contributed by atoms with Crippen molar-refractivity contribution in [2.75, 3.05) is 10.2 Å². The number of nitrogens with two attached hydrogens (primary N) is 1. The highest BCUT2D eigenvalue weighted by molar-refractivity contribution is 7.13. The highest BCUT2D eigenvalue weighted by Crippen LogP contribution is 2.47. The second kappa shape index (κ2) is 10.4. The van der Waals surface area contributed by atoms with Gasteiger partial charge in [0.05, 0.1) is 0 Å². The quantitative estimate of drug-likeness (QED) is 0.465. The van der Waals surface area contributed by atoms with E-state index in [0.717, 1.165) is 11.1 Å². The summed E-state index contributed by atoms with van der Waals surface area (Å²) in [6.45, 7) is 9.57. The average Bonchev–Trinajstić information content (AvgIpc) is 3.29. The molecule has 1 unspecified atom stereocenters. The van der Waals surface area contributed by atoms with Gasteiger partial charge in [-0.25, -0.2) is 4.98 Å². The fourth-order valence-electron chi connectivity index (χ4n) is 4.33. The molecule has 0 aliphatic carbocycles. The predicted octanol–water partition coefficient (Wildman–Crippen LogP) is 4.94. The van der Waals surface area contributed by atoms with Crippen LogP contribution in [0.1, 0.15) is 50.3 Å². The van der Waals surface area contributed by atoms with Crippen molar-refractivity contribution < 1.29 is 14.4 Å². The molecule has 3 amide bonds. The van der Waals surface area contributed by atoms with Gasteiger partial charge in [-0.05, 0) is 37.0 Å². The van der Waals surface area contributed by atoms with Crippen molar-refractivity contribution in [1.29, 1.82) is 0 Å². The molecule has 1 heterocycles. The Bertz CT molecular complexity index is 1180. The highest BCUT2D eigenvalue weighted by Gasteiger charge is 2.55. The van der Waals surface area contributed by atoms with Crippen molar-refractivity contribution in [3.05, 3.63) is 76.8 Å². The monoisotopic (exact) mass is 492 g/mol. The van der Waals surface area contributed by atoms with Crippen LogP contribution in [0.15, 0.2) is 60.1 Å². The number of carbonyl (C=O) groups is 3. The molecular weight excluding hydrogens is 460 g/mol. The zero-order valence-corrected chi connectivity index (χ0v) is 21.6. The number of carbonyl (C=O) groups excluding carboxylic acids is 3. The zero-order chi connectivity index (χ0) is 25.8. The van der Waals surface area contributed by atoms with Crippen LogP contribution in [0.3, 0.4) is 0 Å². The molecule has 0 aliphatic heterocycles. The van der Waals surface area contributed by atoms with E-state index in [4.69, 9.17) is 5.73 Å². The van der Waals surface area contributed by atoms with Crippen LogP contribution in [-0.2, 0) is 19.9 Å². The minimum absolute atomic E-state index is 0.0618. The van der Waals surface area contributed by atoms with E-state index in [0.29, 0.717) is 16.4 Å². The molecule has 3 aromatic rings. The fraction of sp³-hybridized carbons (Fsp3) is 0.333. The molecule has 35 heavy (non-hydrogen) atoms. The van der Waals surface area contributed by atoms with Crippen LogP contribution in [0.4, 0.5) is 10.8 Å². The summed E-state index contributed by atoms with van der Waals surface area (Å²) in [6, 6.07) is 14.9. The smallest absolute Gasteiger partial charge is 0.248 e. The summed E-state index contributed by atoms with van der Waals surface area (Å²) in [5.41, 5.74) is 7.07. The van der Waals surface area contributed by atoms with Crippen molar-refractivity contribution in [3.8, 4) is 0 Å². The maximum absolute atomic E-state index is 13.9. The second-order valence-electron chi connectivity index (χ2n) is 9.64. The van der Waals surface area contributed by atoms with Gasteiger partial charge in [0.15, 0.2) is 10.7 Å². The maximum Gasteiger partial charge on any atom is 0.248 e. The van der Waals surface area contributed by atoms with Gasteiger partial charge in [-0.2, -0.15) is 0 Å². The van der Waals surface area contributed by atoms with Gasteiger partial charge in [0.25, 0.3) is 0 Å². The van der Waals surface area contributed by atoms with Gasteiger partial charge in [-0.1, -0.05) is 68.3 Å². The Morgan fingerprint density at radius 2 is 1.51 bits per heavy atom. The Kier molecular flexibility index (Phi) is 7.75. The number of rotatable bonds is 8. The first-order chi connectivity index (χ1) is 16.5. The summed E-state index contributed by atoms with van der Waals surface area (Å²) in [7, 11) is 0. The van der Waals surface area contributed by atoms with Gasteiger partial charge in [0, 0.05) is 30.1 Å². The molecule has 0 saturated carbocycles. The number of thiazole rings is 1. The van der Waals surface area contributed by atoms with E-state index in [-0.39, 0.29) is 24.7 Å². The first-order valence-corrected chi connectivity index (χ1v) is 12.3. The van der Waals surface area contributed by atoms with Gasteiger partial charge < -0.3 is 11.1 Å². The van der Waals surface area contributed by atoms with Crippen molar-refractivity contribution >= 4 is 39.9 Å². The molecule has 7 nitrogen and oxygen atoms in total. The largest absolute Gasteiger partial charge is 0.367 e. The van der Waals surface area contributed by atoms with E-state index in [1.165, 1.54) is 16.2 Å². The number of nitrogens with one attached hydrogen (secondary N) is 1. The summed E-state index contributed by atoms with van der Waals surface area (Å²) < 4.78 is 0. The Labute approximate surface area is 210 Å². The molecule has 8 heteroatoms. The lowest BCUT2D eigenvalue weighted by molar-refractivity contribution is -0.133. The number of anilines is 2. The number of hydrogen-bond donors (Lipinski definition) is 2. The third-order valence-corrected chi connectivity index (χ3v) is 6.72. The lowest BCUT2D eigenvalue weighted by atomic mass is 9.67. The number of nitrogens with zero attached hydrogens (tertiary/aromatic N) is 2. The molecule has 0 bridgehead atoms. The Balaban J connectivity index is 2.10. The molecule has 3 rings (SSSR count). The minimum atomic E-state index is -1.50. The van der Waals surface area contributed by atoms with Crippen LogP contribution in [0.2, 0.25) is 0 Å². The van der Waals surface area contributed by atoms with Crippen LogP contribution in [0.25, 0.3) is 0 Å². The Hall–Kier alpha value is -3.52. The van der Waals surface area contributed by atoms with Crippen molar-refractivity contribution in [3.63, 3.8) is 0 Å². The standard InChI is InChI=1S/C27H32N4O3S/c1-18-6-10-20(11-7-18)27(24(28)34,26(3,4)5)31(21-12-8-19(2)9-13-21)23(33)15-14-22(32)30-25-29-16-17-35-25/h6-13,16-17H,14-15H2,1-5H3,(H2,28,34)(H,29,30,32). The molecule has 0 aliphatic rings. The van der Waals surface area contributed by atoms with Gasteiger partial charge in [0.2, 0.25) is 17.7 Å². The van der Waals surface area contributed by atoms with Crippen molar-refractivity contribution in [1.82, 2.24) is 4.98 Å². The van der Waals surface area contributed by atoms with E-state index in [1.54, 1.807) is 23.7 Å². The lowest BCUT2D eigenvalue weighted by Crippen LogP contribution is -2.64. The predicted molar refractivity (Wildman–Crippen MR) is 140 cm³/mol. The van der Waals surface area contributed by atoms with Crippen LogP contribution < -0.4 is 16.0 Å².